The Bertz CT molecular complexity index is 507. The molecule has 104 valence electrons. The van der Waals surface area contributed by atoms with E-state index in [9.17, 15) is 0 Å². The van der Waals surface area contributed by atoms with Gasteiger partial charge in [0.05, 0.1) is 6.54 Å². The molecule has 0 spiro atoms. The summed E-state index contributed by atoms with van der Waals surface area (Å²) in [5.41, 5.74) is 1.04. The molecule has 1 aliphatic rings. The van der Waals surface area contributed by atoms with Gasteiger partial charge >= 0.3 is 0 Å². The summed E-state index contributed by atoms with van der Waals surface area (Å²) < 4.78 is 5.30. The summed E-state index contributed by atoms with van der Waals surface area (Å²) in [5, 5.41) is 12.0. The number of nitrogens with one attached hydrogen (secondary N) is 1. The monoisotopic (exact) mass is 269 g/mol. The van der Waals surface area contributed by atoms with E-state index < -0.39 is 0 Å². The predicted molar refractivity (Wildman–Crippen MR) is 79.5 cm³/mol. The number of piperidine rings is 1. The molecule has 0 saturated carbocycles. The molecule has 0 aliphatic carbocycles. The van der Waals surface area contributed by atoms with E-state index in [1.165, 1.54) is 0 Å². The molecular weight excluding hydrogens is 250 g/mol. The average Bonchev–Trinajstić information content (AvgIpc) is 2.48. The zero-order valence-corrected chi connectivity index (χ0v) is 11.5. The molecule has 0 atom stereocenters. The topological polar surface area (TPSA) is 48.3 Å². The van der Waals surface area contributed by atoms with Gasteiger partial charge < -0.3 is 10.1 Å². The molecule has 1 N–H and O–H groups in total. The highest BCUT2D eigenvalue weighted by Gasteiger charge is 2.18. The average molecular weight is 269 g/mol. The van der Waals surface area contributed by atoms with E-state index in [1.54, 1.807) is 0 Å². The first-order valence-corrected chi connectivity index (χ1v) is 6.84. The smallest absolute Gasteiger partial charge is 0.174 e. The number of terminal acetylenes is 1. The molecule has 4 heteroatoms. The van der Waals surface area contributed by atoms with Crippen LogP contribution in [-0.4, -0.2) is 37.2 Å². The Kier molecular flexibility index (Phi) is 5.29. The van der Waals surface area contributed by atoms with Gasteiger partial charge in [0.2, 0.25) is 0 Å². The van der Waals surface area contributed by atoms with Gasteiger partial charge in [0.15, 0.2) is 6.61 Å². The number of ether oxygens (including phenoxy) is 1. The van der Waals surface area contributed by atoms with Gasteiger partial charge in [0.1, 0.15) is 11.8 Å². The Morgan fingerprint density at radius 2 is 2.20 bits per heavy atom. The van der Waals surface area contributed by atoms with Crippen LogP contribution in [0.25, 0.3) is 0 Å². The maximum absolute atomic E-state index is 8.52. The van der Waals surface area contributed by atoms with Crippen LogP contribution in [0.1, 0.15) is 12.8 Å². The normalized spacial score (nSPS) is 16.1. The minimum absolute atomic E-state index is 0.0773. The van der Waals surface area contributed by atoms with Crippen molar-refractivity contribution in [2.24, 2.45) is 0 Å². The number of nitriles is 1. The molecule has 1 aliphatic heterocycles. The van der Waals surface area contributed by atoms with Crippen molar-refractivity contribution in [2.75, 3.05) is 31.6 Å². The lowest BCUT2D eigenvalue weighted by molar-refractivity contribution is 0.243. The van der Waals surface area contributed by atoms with Crippen molar-refractivity contribution in [3.05, 3.63) is 24.3 Å². The quantitative estimate of drug-likeness (QED) is 0.832. The van der Waals surface area contributed by atoms with Crippen LogP contribution in [0.4, 0.5) is 5.69 Å². The van der Waals surface area contributed by atoms with Crippen molar-refractivity contribution in [3.8, 4) is 24.2 Å². The number of likely N-dealkylation sites (tertiary alicyclic amines) is 1. The molecule has 1 heterocycles. The van der Waals surface area contributed by atoms with Gasteiger partial charge in [-0.2, -0.15) is 5.26 Å². The Morgan fingerprint density at radius 3 is 2.90 bits per heavy atom. The lowest BCUT2D eigenvalue weighted by Crippen LogP contribution is -2.39. The van der Waals surface area contributed by atoms with Gasteiger partial charge in [-0.15, -0.1) is 6.42 Å². The third-order valence-electron chi connectivity index (χ3n) is 3.41. The van der Waals surface area contributed by atoms with E-state index in [1.807, 2.05) is 30.3 Å². The third-order valence-corrected chi connectivity index (χ3v) is 3.41. The van der Waals surface area contributed by atoms with Crippen LogP contribution in [0.3, 0.4) is 0 Å². The molecule has 1 saturated heterocycles. The first-order valence-electron chi connectivity index (χ1n) is 6.84. The number of hydrogen-bond acceptors (Lipinski definition) is 4. The van der Waals surface area contributed by atoms with Crippen LogP contribution in [0.2, 0.25) is 0 Å². The summed E-state index contributed by atoms with van der Waals surface area (Å²) in [6.45, 7) is 2.89. The van der Waals surface area contributed by atoms with E-state index in [4.69, 9.17) is 16.4 Å². The number of benzene rings is 1. The number of rotatable bonds is 5. The van der Waals surface area contributed by atoms with E-state index in [2.05, 4.69) is 16.1 Å². The Hall–Kier alpha value is -2.17. The molecule has 20 heavy (non-hydrogen) atoms. The van der Waals surface area contributed by atoms with Crippen molar-refractivity contribution in [1.29, 1.82) is 5.26 Å². The highest BCUT2D eigenvalue weighted by atomic mass is 16.5. The molecule has 1 fully saturated rings. The van der Waals surface area contributed by atoms with E-state index in [-0.39, 0.29) is 6.61 Å². The van der Waals surface area contributed by atoms with Gasteiger partial charge in [0, 0.05) is 30.9 Å². The Labute approximate surface area is 120 Å². The summed E-state index contributed by atoms with van der Waals surface area (Å²) in [7, 11) is 0. The number of nitrogens with zero attached hydrogens (tertiary/aromatic N) is 2. The minimum Gasteiger partial charge on any atom is -0.479 e. The largest absolute Gasteiger partial charge is 0.479 e. The summed E-state index contributed by atoms with van der Waals surface area (Å²) in [4.78, 5) is 2.30. The standard InChI is InChI=1S/C16H19N3O/c1-2-9-19-10-6-14(7-11-19)18-15-4-3-5-16(13-15)20-12-8-17/h1,3-5,13-14,18H,6-7,9-12H2. The van der Waals surface area contributed by atoms with Crippen molar-refractivity contribution < 1.29 is 4.74 Å². The summed E-state index contributed by atoms with van der Waals surface area (Å²) in [5.74, 6) is 3.42. The van der Waals surface area contributed by atoms with Crippen LogP contribution in [0.15, 0.2) is 24.3 Å². The van der Waals surface area contributed by atoms with E-state index >= 15 is 0 Å². The minimum atomic E-state index is 0.0773. The highest BCUT2D eigenvalue weighted by molar-refractivity contribution is 5.49. The van der Waals surface area contributed by atoms with Crippen molar-refractivity contribution in [2.45, 2.75) is 18.9 Å². The lowest BCUT2D eigenvalue weighted by atomic mass is 10.0. The maximum atomic E-state index is 8.52. The fourth-order valence-electron chi connectivity index (χ4n) is 2.39. The van der Waals surface area contributed by atoms with Crippen LogP contribution in [0.5, 0.6) is 5.75 Å². The summed E-state index contributed by atoms with van der Waals surface area (Å²) >= 11 is 0. The molecule has 1 aromatic rings. The maximum Gasteiger partial charge on any atom is 0.174 e. The van der Waals surface area contributed by atoms with Gasteiger partial charge in [-0.3, -0.25) is 4.90 Å². The van der Waals surface area contributed by atoms with E-state index in [0.29, 0.717) is 6.04 Å². The fourth-order valence-corrected chi connectivity index (χ4v) is 2.39. The van der Waals surface area contributed by atoms with Crippen LogP contribution >= 0.6 is 0 Å². The first kappa shape index (κ1) is 14.2. The van der Waals surface area contributed by atoms with Crippen LogP contribution in [0, 0.1) is 23.7 Å². The molecule has 0 radical (unpaired) electrons. The van der Waals surface area contributed by atoms with Crippen LogP contribution < -0.4 is 10.1 Å². The van der Waals surface area contributed by atoms with E-state index in [0.717, 1.165) is 43.9 Å². The Morgan fingerprint density at radius 1 is 1.40 bits per heavy atom. The molecule has 0 bridgehead atoms. The number of anilines is 1. The molecule has 0 amide bonds. The third kappa shape index (κ3) is 4.19. The predicted octanol–water partition coefficient (Wildman–Crippen LogP) is 2.10. The van der Waals surface area contributed by atoms with Crippen molar-refractivity contribution in [3.63, 3.8) is 0 Å². The fraction of sp³-hybridized carbons (Fsp3) is 0.438. The second-order valence-corrected chi connectivity index (χ2v) is 4.87. The molecule has 1 aromatic carbocycles. The molecule has 0 unspecified atom stereocenters. The van der Waals surface area contributed by atoms with Crippen LogP contribution in [-0.2, 0) is 0 Å². The second kappa shape index (κ2) is 7.43. The molecule has 0 aromatic heterocycles. The number of hydrogen-bond donors (Lipinski definition) is 1. The first-order chi connectivity index (χ1) is 9.81. The lowest BCUT2D eigenvalue weighted by Gasteiger charge is -2.31. The van der Waals surface area contributed by atoms with Crippen molar-refractivity contribution >= 4 is 5.69 Å². The van der Waals surface area contributed by atoms with Crippen molar-refractivity contribution in [1.82, 2.24) is 4.90 Å². The molecule has 4 nitrogen and oxygen atoms in total. The van der Waals surface area contributed by atoms with Gasteiger partial charge in [-0.25, -0.2) is 0 Å². The molecule has 2 rings (SSSR count). The zero-order chi connectivity index (χ0) is 14.2. The zero-order valence-electron chi connectivity index (χ0n) is 11.5. The highest BCUT2D eigenvalue weighted by Crippen LogP contribution is 2.21. The summed E-state index contributed by atoms with van der Waals surface area (Å²) in [6, 6.07) is 10.2. The van der Waals surface area contributed by atoms with Gasteiger partial charge in [0.25, 0.3) is 0 Å². The summed E-state index contributed by atoms with van der Waals surface area (Å²) in [6.07, 6.45) is 7.51. The second-order valence-electron chi connectivity index (χ2n) is 4.87. The van der Waals surface area contributed by atoms with Gasteiger partial charge in [-0.05, 0) is 25.0 Å². The van der Waals surface area contributed by atoms with Gasteiger partial charge in [-0.1, -0.05) is 12.0 Å². The molecular formula is C16H19N3O. The Balaban J connectivity index is 1.85. The SMILES string of the molecule is C#CCN1CCC(Nc2cccc(OCC#N)c2)CC1.